The van der Waals surface area contributed by atoms with Crippen molar-refractivity contribution >= 4 is 58.0 Å². The number of pyridine rings is 1. The average molecular weight is 521 g/mol. The predicted octanol–water partition coefficient (Wildman–Crippen LogP) is 6.61. The van der Waals surface area contributed by atoms with E-state index in [4.69, 9.17) is 28.2 Å². The Balaban J connectivity index is 1.49. The van der Waals surface area contributed by atoms with Gasteiger partial charge in [0.25, 0.3) is 0 Å². The Morgan fingerprint density at radius 2 is 1.86 bits per heavy atom. The van der Waals surface area contributed by atoms with E-state index in [2.05, 4.69) is 15.6 Å². The molecule has 1 aliphatic heterocycles. The summed E-state index contributed by atoms with van der Waals surface area (Å²) in [6, 6.07) is 24.5. The van der Waals surface area contributed by atoms with Gasteiger partial charge in [0, 0.05) is 34.4 Å². The molecule has 35 heavy (non-hydrogen) atoms. The Morgan fingerprint density at radius 1 is 1.09 bits per heavy atom. The first-order chi connectivity index (χ1) is 17.0. The number of nitrogens with zero attached hydrogens (tertiary/aromatic N) is 2. The molecule has 4 aromatic rings. The van der Waals surface area contributed by atoms with Crippen LogP contribution in [-0.4, -0.2) is 16.0 Å². The Kier molecular flexibility index (Phi) is 6.77. The molecule has 2 aromatic heterocycles. The van der Waals surface area contributed by atoms with E-state index in [9.17, 15) is 4.79 Å². The van der Waals surface area contributed by atoms with Crippen LogP contribution in [0.2, 0.25) is 5.02 Å². The highest BCUT2D eigenvalue weighted by molar-refractivity contribution is 7.99. The molecule has 1 amide bonds. The largest absolute Gasteiger partial charge is 0.452 e. The van der Waals surface area contributed by atoms with Crippen molar-refractivity contribution < 1.29 is 9.21 Å². The van der Waals surface area contributed by atoms with E-state index < -0.39 is 0 Å². The van der Waals surface area contributed by atoms with E-state index in [1.54, 1.807) is 6.20 Å². The number of furan rings is 1. The zero-order valence-corrected chi connectivity index (χ0v) is 21.0. The smallest absolute Gasteiger partial charge is 0.221 e. The first-order valence-corrected chi connectivity index (χ1v) is 12.5. The second-order valence-electron chi connectivity index (χ2n) is 7.94. The maximum atomic E-state index is 11.4. The van der Waals surface area contributed by atoms with Crippen LogP contribution in [-0.2, 0) is 4.79 Å². The second kappa shape index (κ2) is 10.1. The van der Waals surface area contributed by atoms with Gasteiger partial charge in [-0.15, -0.1) is 0 Å². The van der Waals surface area contributed by atoms with Crippen LogP contribution in [0.5, 0.6) is 0 Å². The monoisotopic (exact) mass is 520 g/mol. The third-order valence-corrected chi connectivity index (χ3v) is 6.98. The van der Waals surface area contributed by atoms with E-state index in [0.29, 0.717) is 10.1 Å². The fraction of sp³-hybridized carbons (Fsp3) is 0.115. The molecule has 0 radical (unpaired) electrons. The van der Waals surface area contributed by atoms with Gasteiger partial charge in [0.2, 0.25) is 5.91 Å². The first-order valence-electron chi connectivity index (χ1n) is 10.9. The molecule has 1 fully saturated rings. The van der Waals surface area contributed by atoms with E-state index in [1.165, 1.54) is 18.7 Å². The molecule has 6 nitrogen and oxygen atoms in total. The standard InChI is InChI=1S/C26H21ClN4O2S2/c1-16(32)29-18-7-9-19(10-8-18)31-25(24(30-26(31)34)21-4-2-3-15-28-21)22-13-14-23(33-22)35-20-11-5-17(27)6-12-20/h2-15,24-25H,1H3,(H,29,32)(H,30,34)/t24-,25-/m0/s1. The number of rotatable bonds is 6. The number of thiocarbonyl (C=S) groups is 1. The number of halogens is 1. The maximum Gasteiger partial charge on any atom is 0.221 e. The summed E-state index contributed by atoms with van der Waals surface area (Å²) in [5.41, 5.74) is 2.46. The van der Waals surface area contributed by atoms with Gasteiger partial charge in [-0.05, 0) is 85.0 Å². The maximum absolute atomic E-state index is 11.4. The van der Waals surface area contributed by atoms with Crippen LogP contribution in [0.4, 0.5) is 11.4 Å². The van der Waals surface area contributed by atoms with Crippen LogP contribution in [0.3, 0.4) is 0 Å². The number of hydrogen-bond donors (Lipinski definition) is 2. The summed E-state index contributed by atoms with van der Waals surface area (Å²) in [7, 11) is 0. The minimum absolute atomic E-state index is 0.120. The summed E-state index contributed by atoms with van der Waals surface area (Å²) < 4.78 is 6.33. The van der Waals surface area contributed by atoms with Crippen LogP contribution >= 0.6 is 35.6 Å². The van der Waals surface area contributed by atoms with E-state index in [0.717, 1.165) is 32.8 Å². The summed E-state index contributed by atoms with van der Waals surface area (Å²) in [4.78, 5) is 19.0. The lowest BCUT2D eigenvalue weighted by molar-refractivity contribution is -0.114. The molecular weight excluding hydrogens is 500 g/mol. The van der Waals surface area contributed by atoms with Gasteiger partial charge >= 0.3 is 0 Å². The number of nitrogens with one attached hydrogen (secondary N) is 2. The van der Waals surface area contributed by atoms with Crippen LogP contribution in [0.1, 0.15) is 30.5 Å². The van der Waals surface area contributed by atoms with Crippen molar-refractivity contribution in [1.82, 2.24) is 10.3 Å². The van der Waals surface area contributed by atoms with Crippen molar-refractivity contribution in [2.24, 2.45) is 0 Å². The highest BCUT2D eigenvalue weighted by atomic mass is 35.5. The SMILES string of the molecule is CC(=O)Nc1ccc(N2C(=S)N[C@@H](c3ccccn3)[C@@H]2c2ccc(Sc3ccc(Cl)cc3)o2)cc1. The molecule has 1 saturated heterocycles. The highest BCUT2D eigenvalue weighted by Crippen LogP contribution is 2.43. The number of carbonyl (C=O) groups is 1. The summed E-state index contributed by atoms with van der Waals surface area (Å²) in [5.74, 6) is 0.640. The Bertz CT molecular complexity index is 1340. The van der Waals surface area contributed by atoms with E-state index in [1.807, 2.05) is 83.8 Å². The molecule has 9 heteroatoms. The zero-order valence-electron chi connectivity index (χ0n) is 18.6. The van der Waals surface area contributed by atoms with Gasteiger partial charge in [-0.1, -0.05) is 29.4 Å². The molecule has 176 valence electrons. The van der Waals surface area contributed by atoms with Crippen LogP contribution < -0.4 is 15.5 Å². The molecule has 0 aliphatic carbocycles. The van der Waals surface area contributed by atoms with Crippen LogP contribution in [0, 0.1) is 0 Å². The predicted molar refractivity (Wildman–Crippen MR) is 143 cm³/mol. The van der Waals surface area contributed by atoms with Crippen LogP contribution in [0.25, 0.3) is 0 Å². The lowest BCUT2D eigenvalue weighted by Crippen LogP contribution is -2.29. The van der Waals surface area contributed by atoms with Crippen molar-refractivity contribution in [2.75, 3.05) is 10.2 Å². The zero-order chi connectivity index (χ0) is 24.4. The lowest BCUT2D eigenvalue weighted by Gasteiger charge is -2.26. The van der Waals surface area contributed by atoms with Crippen molar-refractivity contribution in [3.05, 3.63) is 102 Å². The Hall–Kier alpha value is -3.33. The molecule has 1 aliphatic rings. The Morgan fingerprint density at radius 3 is 2.54 bits per heavy atom. The number of aromatic nitrogens is 1. The number of amides is 1. The van der Waals surface area contributed by atoms with E-state index >= 15 is 0 Å². The molecule has 2 N–H and O–H groups in total. The van der Waals surface area contributed by atoms with Crippen molar-refractivity contribution in [2.45, 2.75) is 29.0 Å². The lowest BCUT2D eigenvalue weighted by atomic mass is 10.0. The fourth-order valence-electron chi connectivity index (χ4n) is 4.00. The summed E-state index contributed by atoms with van der Waals surface area (Å²) >= 11 is 13.3. The van der Waals surface area contributed by atoms with Gasteiger partial charge in [-0.2, -0.15) is 0 Å². The second-order valence-corrected chi connectivity index (χ2v) is 9.84. The first kappa shape index (κ1) is 23.4. The minimum atomic E-state index is -0.261. The molecule has 2 aromatic carbocycles. The van der Waals surface area contributed by atoms with Gasteiger partial charge < -0.3 is 20.0 Å². The Labute approximate surface area is 217 Å². The van der Waals surface area contributed by atoms with Gasteiger partial charge in [-0.25, -0.2) is 0 Å². The van der Waals surface area contributed by atoms with Gasteiger partial charge in [-0.3, -0.25) is 9.78 Å². The fourth-order valence-corrected chi connectivity index (χ4v) is 5.25. The van der Waals surface area contributed by atoms with Crippen molar-refractivity contribution in [3.63, 3.8) is 0 Å². The molecule has 0 unspecified atom stereocenters. The number of anilines is 2. The summed E-state index contributed by atoms with van der Waals surface area (Å²) in [6.07, 6.45) is 1.77. The van der Waals surface area contributed by atoms with Gasteiger partial charge in [0.1, 0.15) is 11.8 Å². The number of benzene rings is 2. The van der Waals surface area contributed by atoms with Gasteiger partial charge in [0.05, 0.1) is 11.7 Å². The summed E-state index contributed by atoms with van der Waals surface area (Å²) in [5, 5.41) is 8.25. The van der Waals surface area contributed by atoms with E-state index in [-0.39, 0.29) is 18.0 Å². The van der Waals surface area contributed by atoms with Crippen molar-refractivity contribution in [3.8, 4) is 0 Å². The quantitative estimate of drug-likeness (QED) is 0.277. The number of hydrogen-bond acceptors (Lipinski definition) is 5. The highest BCUT2D eigenvalue weighted by Gasteiger charge is 2.42. The third kappa shape index (κ3) is 5.19. The molecule has 0 bridgehead atoms. The van der Waals surface area contributed by atoms with Gasteiger partial charge in [0.15, 0.2) is 10.2 Å². The topological polar surface area (TPSA) is 70.4 Å². The molecule has 3 heterocycles. The normalized spacial score (nSPS) is 17.3. The summed E-state index contributed by atoms with van der Waals surface area (Å²) in [6.45, 7) is 1.48. The average Bonchev–Trinajstić information content (AvgIpc) is 3.45. The molecule has 5 rings (SSSR count). The molecule has 0 saturated carbocycles. The number of carbonyl (C=O) groups excluding carboxylic acids is 1. The molecule has 0 spiro atoms. The third-order valence-electron chi connectivity index (χ3n) is 5.49. The van der Waals surface area contributed by atoms with Crippen LogP contribution in [0.15, 0.2) is 99.5 Å². The van der Waals surface area contributed by atoms with Crippen molar-refractivity contribution in [1.29, 1.82) is 0 Å². The molecular formula is C26H21ClN4O2S2. The minimum Gasteiger partial charge on any atom is -0.452 e. The molecule has 2 atom stereocenters.